The predicted octanol–water partition coefficient (Wildman–Crippen LogP) is 4.97. The number of hydrogen-bond donors (Lipinski definition) is 1. The zero-order chi connectivity index (χ0) is 24.0. The van der Waals surface area contributed by atoms with Gasteiger partial charge in [-0.2, -0.15) is 0 Å². The minimum absolute atomic E-state index is 0.0391. The van der Waals surface area contributed by atoms with E-state index in [1.807, 2.05) is 56.3 Å². The van der Waals surface area contributed by atoms with Gasteiger partial charge < -0.3 is 9.47 Å². The van der Waals surface area contributed by atoms with Crippen molar-refractivity contribution in [1.82, 2.24) is 4.72 Å². The molecule has 0 unspecified atom stereocenters. The second-order valence-corrected chi connectivity index (χ2v) is 9.57. The van der Waals surface area contributed by atoms with Gasteiger partial charge in [0.25, 0.3) is 0 Å². The highest BCUT2D eigenvalue weighted by Gasteiger charge is 2.19. The first-order chi connectivity index (χ1) is 15.7. The zero-order valence-corrected chi connectivity index (χ0v) is 20.2. The molecule has 0 aromatic heterocycles. The Bertz CT molecular complexity index is 1230. The highest BCUT2D eigenvalue weighted by atomic mass is 32.2. The van der Waals surface area contributed by atoms with E-state index in [1.165, 1.54) is 30.4 Å². The van der Waals surface area contributed by atoms with Crippen molar-refractivity contribution in [2.75, 3.05) is 13.7 Å². The lowest BCUT2D eigenvalue weighted by atomic mass is 10.1. The summed E-state index contributed by atoms with van der Waals surface area (Å²) in [5.41, 5.74) is 4.36. The predicted molar refractivity (Wildman–Crippen MR) is 128 cm³/mol. The number of aryl methyl sites for hydroxylation is 3. The maximum absolute atomic E-state index is 12.7. The minimum atomic E-state index is -3.76. The number of carbonyl (C=O) groups excluding carboxylic acids is 1. The summed E-state index contributed by atoms with van der Waals surface area (Å²) in [6.45, 7) is 6.22. The van der Waals surface area contributed by atoms with Gasteiger partial charge in [-0.15, -0.1) is 0 Å². The monoisotopic (exact) mass is 467 g/mol. The minimum Gasteiger partial charge on any atom is -0.465 e. The van der Waals surface area contributed by atoms with Crippen molar-refractivity contribution in [3.8, 4) is 11.5 Å². The number of carbonyl (C=O) groups is 1. The Hall–Kier alpha value is -3.16. The molecule has 0 saturated heterocycles. The summed E-state index contributed by atoms with van der Waals surface area (Å²) < 4.78 is 38.7. The molecule has 3 aromatic rings. The first kappa shape index (κ1) is 24.5. The molecule has 0 aliphatic heterocycles. The van der Waals surface area contributed by atoms with Crippen LogP contribution >= 0.6 is 0 Å². The van der Waals surface area contributed by atoms with E-state index in [9.17, 15) is 13.2 Å². The van der Waals surface area contributed by atoms with Crippen LogP contribution in [0.5, 0.6) is 11.5 Å². The Morgan fingerprint density at radius 1 is 0.909 bits per heavy atom. The lowest BCUT2D eigenvalue weighted by molar-refractivity contribution is 0.0599. The molecule has 0 heterocycles. The largest absolute Gasteiger partial charge is 0.465 e. The van der Waals surface area contributed by atoms with Crippen LogP contribution in [-0.4, -0.2) is 28.0 Å². The number of hydrogen-bond acceptors (Lipinski definition) is 5. The second kappa shape index (κ2) is 10.6. The Labute approximate surface area is 195 Å². The quantitative estimate of drug-likeness (QED) is 0.450. The van der Waals surface area contributed by atoms with Crippen LogP contribution < -0.4 is 9.46 Å². The summed E-state index contributed by atoms with van der Waals surface area (Å²) in [7, 11) is -2.48. The fourth-order valence-corrected chi connectivity index (χ4v) is 4.44. The van der Waals surface area contributed by atoms with Crippen LogP contribution in [0.3, 0.4) is 0 Å². The average Bonchev–Trinajstić information content (AvgIpc) is 2.81. The number of sulfonamides is 1. The third-order valence-electron chi connectivity index (χ3n) is 5.52. The lowest BCUT2D eigenvalue weighted by Gasteiger charge is -2.11. The molecule has 0 saturated carbocycles. The Kier molecular flexibility index (Phi) is 7.89. The van der Waals surface area contributed by atoms with Crippen LogP contribution in [0.1, 0.15) is 39.5 Å². The molecule has 0 spiro atoms. The molecular formula is C26H29NO5S. The third kappa shape index (κ3) is 6.21. The number of ether oxygens (including phenoxy) is 2. The summed E-state index contributed by atoms with van der Waals surface area (Å²) in [5.74, 6) is 0.944. The number of nitrogens with one attached hydrogen (secondary N) is 1. The first-order valence-electron chi connectivity index (χ1n) is 10.8. The number of methoxy groups -OCH3 is 1. The van der Waals surface area contributed by atoms with E-state index in [2.05, 4.69) is 11.6 Å². The molecule has 0 radical (unpaired) electrons. The average molecular weight is 468 g/mol. The van der Waals surface area contributed by atoms with Gasteiger partial charge >= 0.3 is 5.97 Å². The topological polar surface area (TPSA) is 81.7 Å². The molecule has 0 aliphatic rings. The van der Waals surface area contributed by atoms with Gasteiger partial charge in [-0.1, -0.05) is 31.2 Å². The molecule has 6 nitrogen and oxygen atoms in total. The van der Waals surface area contributed by atoms with Crippen molar-refractivity contribution in [3.05, 3.63) is 88.5 Å². The van der Waals surface area contributed by atoms with Gasteiger partial charge in [0.05, 0.1) is 17.6 Å². The molecule has 0 fully saturated rings. The Morgan fingerprint density at radius 2 is 1.61 bits per heavy atom. The molecule has 3 aromatic carbocycles. The van der Waals surface area contributed by atoms with E-state index < -0.39 is 16.0 Å². The fraction of sp³-hybridized carbons (Fsp3) is 0.269. The molecular weight excluding hydrogens is 438 g/mol. The molecule has 0 atom stereocenters. The maximum atomic E-state index is 12.7. The fourth-order valence-electron chi connectivity index (χ4n) is 3.38. The molecule has 7 heteroatoms. The van der Waals surface area contributed by atoms with Crippen molar-refractivity contribution in [2.24, 2.45) is 0 Å². The summed E-state index contributed by atoms with van der Waals surface area (Å²) in [5, 5.41) is 0. The smallest absolute Gasteiger partial charge is 0.338 e. The van der Waals surface area contributed by atoms with Gasteiger partial charge in [0, 0.05) is 6.54 Å². The van der Waals surface area contributed by atoms with Gasteiger partial charge in [0.15, 0.2) is 0 Å². The molecule has 0 bridgehead atoms. The highest BCUT2D eigenvalue weighted by Crippen LogP contribution is 2.24. The van der Waals surface area contributed by atoms with Gasteiger partial charge in [0.2, 0.25) is 10.0 Å². The molecule has 33 heavy (non-hydrogen) atoms. The SMILES string of the molecule is CCc1ccc(S(=O)(=O)NCCc2ccc(Oc3ccc(C)c(C)c3)cc2)cc1C(=O)OC. The van der Waals surface area contributed by atoms with Crippen LogP contribution in [0, 0.1) is 13.8 Å². The van der Waals surface area contributed by atoms with Crippen LogP contribution in [-0.2, 0) is 27.6 Å². The van der Waals surface area contributed by atoms with Crippen LogP contribution in [0.25, 0.3) is 0 Å². The van der Waals surface area contributed by atoms with Gasteiger partial charge in [0.1, 0.15) is 11.5 Å². The molecule has 1 N–H and O–H groups in total. The number of esters is 1. The van der Waals surface area contributed by atoms with Crippen LogP contribution in [0.2, 0.25) is 0 Å². The molecule has 174 valence electrons. The summed E-state index contributed by atoms with van der Waals surface area (Å²) in [6, 6.07) is 18.0. The van der Waals surface area contributed by atoms with Gasteiger partial charge in [-0.25, -0.2) is 17.9 Å². The summed E-state index contributed by atoms with van der Waals surface area (Å²) in [6.07, 6.45) is 1.11. The van der Waals surface area contributed by atoms with Gasteiger partial charge in [-0.3, -0.25) is 0 Å². The highest BCUT2D eigenvalue weighted by molar-refractivity contribution is 7.89. The van der Waals surface area contributed by atoms with Crippen LogP contribution in [0.15, 0.2) is 65.6 Å². The standard InChI is InChI=1S/C26H29NO5S/c1-5-21-9-13-24(17-25(21)26(28)31-4)33(29,30)27-15-14-20-7-11-22(12-8-20)32-23-10-6-18(2)19(3)16-23/h6-13,16-17,27H,5,14-15H2,1-4H3. The van der Waals surface area contributed by atoms with Crippen molar-refractivity contribution < 1.29 is 22.7 Å². The van der Waals surface area contributed by atoms with E-state index >= 15 is 0 Å². The molecule has 3 rings (SSSR count). The maximum Gasteiger partial charge on any atom is 0.338 e. The Morgan fingerprint density at radius 3 is 2.24 bits per heavy atom. The van der Waals surface area contributed by atoms with E-state index in [-0.39, 0.29) is 17.0 Å². The van der Waals surface area contributed by atoms with Crippen LogP contribution in [0.4, 0.5) is 0 Å². The zero-order valence-electron chi connectivity index (χ0n) is 19.3. The van der Waals surface area contributed by atoms with Crippen molar-refractivity contribution in [2.45, 2.75) is 38.5 Å². The third-order valence-corrected chi connectivity index (χ3v) is 6.98. The molecule has 0 aliphatic carbocycles. The number of rotatable bonds is 9. The van der Waals surface area contributed by atoms with Crippen molar-refractivity contribution >= 4 is 16.0 Å². The second-order valence-electron chi connectivity index (χ2n) is 7.80. The first-order valence-corrected chi connectivity index (χ1v) is 12.3. The van der Waals surface area contributed by atoms with E-state index in [0.717, 1.165) is 16.9 Å². The Balaban J connectivity index is 1.61. The van der Waals surface area contributed by atoms with Crippen molar-refractivity contribution in [3.63, 3.8) is 0 Å². The van der Waals surface area contributed by atoms with Gasteiger partial charge in [-0.05, 0) is 85.3 Å². The summed E-state index contributed by atoms with van der Waals surface area (Å²) in [4.78, 5) is 12.0. The molecule has 0 amide bonds. The van der Waals surface area contributed by atoms with Crippen molar-refractivity contribution in [1.29, 1.82) is 0 Å². The van der Waals surface area contributed by atoms with E-state index in [0.29, 0.717) is 18.6 Å². The number of benzene rings is 3. The van der Waals surface area contributed by atoms with E-state index in [4.69, 9.17) is 9.47 Å². The van der Waals surface area contributed by atoms with E-state index in [1.54, 1.807) is 6.07 Å². The summed E-state index contributed by atoms with van der Waals surface area (Å²) >= 11 is 0. The lowest BCUT2D eigenvalue weighted by Crippen LogP contribution is -2.26. The normalized spacial score (nSPS) is 11.3.